The Morgan fingerprint density at radius 2 is 0.828 bits per heavy atom. The minimum Gasteiger partial charge on any atom is -0.454 e. The Bertz CT molecular complexity index is 3240. The first-order valence-electron chi connectivity index (χ1n) is 19.6. The van der Waals surface area contributed by atoms with E-state index < -0.39 is 0 Å². The van der Waals surface area contributed by atoms with E-state index in [2.05, 4.69) is 216 Å². The van der Waals surface area contributed by atoms with Crippen LogP contribution in [0.25, 0.3) is 64.4 Å². The standard InChI is InChI=1S/C54H36N2OS/c1-3-14-37(15-4-1)38-28-30-42(31-29-38)55(45-32-33-48-47-23-8-10-27-52(47)58-53(48)36-45)43-20-11-16-39(34-43)40-17-12-21-44(35-40)56(41-18-5-2-6-19-41)50-25-13-24-49-46-22-7-9-26-51(46)57-54(49)50/h1-36H. The van der Waals surface area contributed by atoms with E-state index in [1.165, 1.54) is 31.3 Å². The van der Waals surface area contributed by atoms with E-state index in [0.717, 1.165) is 67.2 Å². The molecule has 0 saturated carbocycles. The minimum atomic E-state index is 0.865. The number of hydrogen-bond donors (Lipinski definition) is 0. The zero-order valence-electron chi connectivity index (χ0n) is 31.5. The summed E-state index contributed by atoms with van der Waals surface area (Å²) in [4.78, 5) is 4.68. The lowest BCUT2D eigenvalue weighted by Gasteiger charge is -2.27. The van der Waals surface area contributed by atoms with Crippen molar-refractivity contribution in [2.45, 2.75) is 0 Å². The highest BCUT2D eigenvalue weighted by atomic mass is 32.1. The van der Waals surface area contributed by atoms with Gasteiger partial charge in [-0.2, -0.15) is 0 Å². The molecule has 0 aliphatic heterocycles. The van der Waals surface area contributed by atoms with Crippen LogP contribution in [0.3, 0.4) is 0 Å². The quantitative estimate of drug-likeness (QED) is 0.154. The predicted molar refractivity (Wildman–Crippen MR) is 247 cm³/mol. The first kappa shape index (κ1) is 33.9. The first-order chi connectivity index (χ1) is 28.7. The highest BCUT2D eigenvalue weighted by Gasteiger charge is 2.20. The predicted octanol–water partition coefficient (Wildman–Crippen LogP) is 16.2. The van der Waals surface area contributed by atoms with Crippen LogP contribution < -0.4 is 9.80 Å². The van der Waals surface area contributed by atoms with Gasteiger partial charge in [0.05, 0.1) is 5.69 Å². The second-order valence-corrected chi connectivity index (χ2v) is 15.6. The van der Waals surface area contributed by atoms with Gasteiger partial charge in [-0.25, -0.2) is 0 Å². The van der Waals surface area contributed by atoms with Gasteiger partial charge in [0.2, 0.25) is 0 Å². The van der Waals surface area contributed by atoms with Crippen molar-refractivity contribution in [1.82, 2.24) is 0 Å². The van der Waals surface area contributed by atoms with Crippen LogP contribution in [0.4, 0.5) is 34.1 Å². The van der Waals surface area contributed by atoms with Crippen molar-refractivity contribution in [2.24, 2.45) is 0 Å². The lowest BCUT2D eigenvalue weighted by molar-refractivity contribution is 0.669. The summed E-state index contributed by atoms with van der Waals surface area (Å²) in [5.41, 5.74) is 12.8. The number of furan rings is 1. The van der Waals surface area contributed by atoms with Crippen LogP contribution in [0.15, 0.2) is 223 Å². The summed E-state index contributed by atoms with van der Waals surface area (Å²) in [6.45, 7) is 0. The van der Waals surface area contributed by atoms with Crippen LogP contribution in [0, 0.1) is 0 Å². The fraction of sp³-hybridized carbons (Fsp3) is 0. The Morgan fingerprint density at radius 3 is 1.60 bits per heavy atom. The topological polar surface area (TPSA) is 19.6 Å². The van der Waals surface area contributed by atoms with Gasteiger partial charge >= 0.3 is 0 Å². The van der Waals surface area contributed by atoms with Gasteiger partial charge in [0.15, 0.2) is 5.58 Å². The van der Waals surface area contributed by atoms with Crippen molar-refractivity contribution in [3.8, 4) is 22.3 Å². The van der Waals surface area contributed by atoms with Gasteiger partial charge in [0, 0.05) is 59.4 Å². The van der Waals surface area contributed by atoms with Crippen molar-refractivity contribution >= 4 is 87.6 Å². The van der Waals surface area contributed by atoms with Gasteiger partial charge in [0.1, 0.15) is 5.58 Å². The number of anilines is 6. The summed E-state index contributed by atoms with van der Waals surface area (Å²) in [7, 11) is 0. The Morgan fingerprint density at radius 1 is 0.310 bits per heavy atom. The molecule has 11 aromatic rings. The largest absolute Gasteiger partial charge is 0.454 e. The van der Waals surface area contributed by atoms with Crippen LogP contribution >= 0.6 is 11.3 Å². The zero-order valence-corrected chi connectivity index (χ0v) is 32.3. The first-order valence-corrected chi connectivity index (χ1v) is 20.4. The molecule has 0 amide bonds. The van der Waals surface area contributed by atoms with E-state index in [1.54, 1.807) is 0 Å². The van der Waals surface area contributed by atoms with Crippen LogP contribution in [0.1, 0.15) is 0 Å². The van der Waals surface area contributed by atoms with E-state index in [4.69, 9.17) is 4.42 Å². The van der Waals surface area contributed by atoms with Crippen LogP contribution in [0.2, 0.25) is 0 Å². The number of para-hydroxylation sites is 3. The average molecular weight is 761 g/mol. The molecular formula is C54H36N2OS. The van der Waals surface area contributed by atoms with Gasteiger partial charge in [0.25, 0.3) is 0 Å². The Kier molecular flexibility index (Phi) is 8.34. The molecule has 0 N–H and O–H groups in total. The Labute approximate surface area is 340 Å². The maximum absolute atomic E-state index is 6.58. The third-order valence-corrected chi connectivity index (χ3v) is 12.2. The average Bonchev–Trinajstić information content (AvgIpc) is 3.87. The number of benzene rings is 9. The van der Waals surface area contributed by atoms with Gasteiger partial charge in [-0.15, -0.1) is 11.3 Å². The second kappa shape index (κ2) is 14.3. The highest BCUT2D eigenvalue weighted by molar-refractivity contribution is 7.25. The molecule has 0 spiro atoms. The van der Waals surface area contributed by atoms with Gasteiger partial charge < -0.3 is 14.2 Å². The third kappa shape index (κ3) is 5.99. The molecule has 274 valence electrons. The molecular weight excluding hydrogens is 725 g/mol. The molecule has 4 heteroatoms. The summed E-state index contributed by atoms with van der Waals surface area (Å²) < 4.78 is 9.15. The van der Waals surface area contributed by atoms with Crippen LogP contribution in [-0.2, 0) is 0 Å². The second-order valence-electron chi connectivity index (χ2n) is 14.6. The van der Waals surface area contributed by atoms with E-state index >= 15 is 0 Å². The smallest absolute Gasteiger partial charge is 0.159 e. The molecule has 0 atom stereocenters. The van der Waals surface area contributed by atoms with Crippen molar-refractivity contribution < 1.29 is 4.42 Å². The molecule has 0 saturated heterocycles. The summed E-state index contributed by atoms with van der Waals surface area (Å²) in [6.07, 6.45) is 0. The zero-order chi connectivity index (χ0) is 38.4. The Balaban J connectivity index is 1.03. The summed E-state index contributed by atoms with van der Waals surface area (Å²) in [6, 6.07) is 78.1. The van der Waals surface area contributed by atoms with E-state index in [9.17, 15) is 0 Å². The lowest BCUT2D eigenvalue weighted by Crippen LogP contribution is -2.10. The molecule has 11 rings (SSSR count). The summed E-state index contributed by atoms with van der Waals surface area (Å²) in [5, 5.41) is 4.80. The van der Waals surface area contributed by atoms with Crippen molar-refractivity contribution in [1.29, 1.82) is 0 Å². The van der Waals surface area contributed by atoms with E-state index in [0.29, 0.717) is 0 Å². The molecule has 0 aliphatic rings. The van der Waals surface area contributed by atoms with Crippen LogP contribution in [-0.4, -0.2) is 0 Å². The molecule has 0 fully saturated rings. The SMILES string of the molecule is c1ccc(-c2ccc(N(c3cccc(-c4cccc(N(c5ccccc5)c5cccc6c5oc5ccccc56)c4)c3)c3ccc4c(c3)sc3ccccc34)cc2)cc1. The third-order valence-electron chi connectivity index (χ3n) is 11.0. The maximum atomic E-state index is 6.58. The number of rotatable bonds is 8. The molecule has 2 heterocycles. The molecule has 0 bridgehead atoms. The van der Waals surface area contributed by atoms with Gasteiger partial charge in [-0.05, 0) is 101 Å². The summed E-state index contributed by atoms with van der Waals surface area (Å²) in [5.74, 6) is 0. The highest BCUT2D eigenvalue weighted by Crippen LogP contribution is 2.45. The van der Waals surface area contributed by atoms with Gasteiger partial charge in [-0.3, -0.25) is 0 Å². The monoisotopic (exact) mass is 760 g/mol. The molecule has 2 aromatic heterocycles. The molecule has 3 nitrogen and oxygen atoms in total. The molecule has 0 aliphatic carbocycles. The Hall–Kier alpha value is -7.40. The fourth-order valence-electron chi connectivity index (χ4n) is 8.30. The van der Waals surface area contributed by atoms with E-state index in [-0.39, 0.29) is 0 Å². The normalized spacial score (nSPS) is 11.4. The molecule has 9 aromatic carbocycles. The van der Waals surface area contributed by atoms with E-state index in [1.807, 2.05) is 23.5 Å². The molecule has 0 radical (unpaired) electrons. The summed E-state index contributed by atoms with van der Waals surface area (Å²) >= 11 is 1.85. The molecule has 0 unspecified atom stereocenters. The van der Waals surface area contributed by atoms with Crippen molar-refractivity contribution in [3.63, 3.8) is 0 Å². The van der Waals surface area contributed by atoms with Crippen LogP contribution in [0.5, 0.6) is 0 Å². The lowest BCUT2D eigenvalue weighted by atomic mass is 10.0. The number of hydrogen-bond acceptors (Lipinski definition) is 4. The van der Waals surface area contributed by atoms with Crippen molar-refractivity contribution in [3.05, 3.63) is 218 Å². The minimum absolute atomic E-state index is 0.865. The number of nitrogens with zero attached hydrogens (tertiary/aromatic N) is 2. The number of thiophene rings is 1. The number of fused-ring (bicyclic) bond motifs is 6. The molecule has 58 heavy (non-hydrogen) atoms. The van der Waals surface area contributed by atoms with Crippen molar-refractivity contribution in [2.75, 3.05) is 9.80 Å². The maximum Gasteiger partial charge on any atom is 0.159 e. The van der Waals surface area contributed by atoms with Gasteiger partial charge in [-0.1, -0.05) is 140 Å². The fourth-order valence-corrected chi connectivity index (χ4v) is 9.44.